The third kappa shape index (κ3) is 3.09. The normalized spacial score (nSPS) is 20.1. The fourth-order valence-electron chi connectivity index (χ4n) is 2.94. The van der Waals surface area contributed by atoms with Gasteiger partial charge < -0.3 is 14.7 Å². The molecule has 0 saturated carbocycles. The van der Waals surface area contributed by atoms with E-state index >= 15 is 0 Å². The first-order valence-electron chi connectivity index (χ1n) is 8.49. The summed E-state index contributed by atoms with van der Waals surface area (Å²) in [6.45, 7) is 0. The Morgan fingerprint density at radius 3 is 2.25 bits per heavy atom. The largest absolute Gasteiger partial charge is 0.467 e. The number of Topliss-reactive ketones (excluding diaryl/α,β-unsaturated/α-hetero) is 1. The monoisotopic (exact) mass is 399 g/mol. The van der Waals surface area contributed by atoms with Crippen molar-refractivity contribution in [2.24, 2.45) is 5.73 Å². The van der Waals surface area contributed by atoms with Crippen LogP contribution in [0.1, 0.15) is 11.1 Å². The van der Waals surface area contributed by atoms with E-state index in [1.807, 2.05) is 0 Å². The SMILES string of the molecule is BC(B)(c1ccccc1)S(=O)(=O)OC1=C(N)O[C@](B)(c2ccccc2F)C1=O. The summed E-state index contributed by atoms with van der Waals surface area (Å²) < 4.78 is 49.1. The standard InChI is InChI=1S/C17H17B3FNO5S/c18-16(11-8-4-5-9-12(11)21)14(23)13(15(22)26-16)27-28(24,25)17(19,20)10-6-2-1-3-7-10/h1-9H,18-20,22H2/t16-/m1/s1. The Morgan fingerprint density at radius 1 is 1.07 bits per heavy atom. The molecule has 0 fully saturated rings. The van der Waals surface area contributed by atoms with Crippen LogP contribution >= 0.6 is 0 Å². The fourth-order valence-corrected chi connectivity index (χ4v) is 3.95. The zero-order valence-corrected chi connectivity index (χ0v) is 16.4. The maximum atomic E-state index is 14.2. The topological polar surface area (TPSA) is 95.7 Å². The van der Waals surface area contributed by atoms with Crippen molar-refractivity contribution in [3.8, 4) is 0 Å². The Morgan fingerprint density at radius 2 is 1.64 bits per heavy atom. The van der Waals surface area contributed by atoms with Crippen molar-refractivity contribution < 1.29 is 26.5 Å². The molecule has 3 rings (SSSR count). The minimum Gasteiger partial charge on any atom is -0.467 e. The van der Waals surface area contributed by atoms with Crippen molar-refractivity contribution >= 4 is 39.4 Å². The molecule has 0 unspecified atom stereocenters. The Bertz CT molecular complexity index is 1080. The predicted molar refractivity (Wildman–Crippen MR) is 109 cm³/mol. The van der Waals surface area contributed by atoms with Crippen LogP contribution in [0.25, 0.3) is 0 Å². The lowest BCUT2D eigenvalue weighted by Crippen LogP contribution is -2.40. The summed E-state index contributed by atoms with van der Waals surface area (Å²) in [5.74, 6) is -2.72. The maximum Gasteiger partial charge on any atom is 0.304 e. The molecule has 0 spiro atoms. The number of rotatable bonds is 5. The first-order valence-corrected chi connectivity index (χ1v) is 9.89. The zero-order chi connectivity index (χ0) is 20.7. The molecule has 1 atom stereocenters. The average Bonchev–Trinajstić information content (AvgIpc) is 2.86. The van der Waals surface area contributed by atoms with Gasteiger partial charge in [-0.05, 0) is 11.6 Å². The number of carbonyl (C=O) groups is 1. The summed E-state index contributed by atoms with van der Waals surface area (Å²) in [6, 6.07) is 13.9. The smallest absolute Gasteiger partial charge is 0.304 e. The molecule has 0 bridgehead atoms. The third-order valence-corrected chi connectivity index (χ3v) is 6.72. The third-order valence-electron chi connectivity index (χ3n) is 4.85. The van der Waals surface area contributed by atoms with Gasteiger partial charge in [-0.25, -0.2) is 4.39 Å². The highest BCUT2D eigenvalue weighted by molar-refractivity contribution is 7.90. The Balaban J connectivity index is 1.96. The van der Waals surface area contributed by atoms with Gasteiger partial charge in [0.2, 0.25) is 17.4 Å². The van der Waals surface area contributed by atoms with E-state index in [2.05, 4.69) is 0 Å². The maximum absolute atomic E-state index is 14.2. The van der Waals surface area contributed by atoms with Gasteiger partial charge in [0.05, 0.1) is 4.55 Å². The summed E-state index contributed by atoms with van der Waals surface area (Å²) in [5, 5.41) is 0. The molecule has 6 nitrogen and oxygen atoms in total. The van der Waals surface area contributed by atoms with E-state index in [1.54, 1.807) is 30.3 Å². The summed E-state index contributed by atoms with van der Waals surface area (Å²) in [7, 11) is -0.127. The highest BCUT2D eigenvalue weighted by atomic mass is 32.2. The van der Waals surface area contributed by atoms with Crippen LogP contribution in [-0.2, 0) is 33.9 Å². The molecule has 0 aromatic heterocycles. The minimum atomic E-state index is -4.34. The predicted octanol–water partition coefficient (Wildman–Crippen LogP) is -1.24. The first kappa shape index (κ1) is 20.1. The summed E-state index contributed by atoms with van der Waals surface area (Å²) in [5.41, 5.74) is 4.33. The van der Waals surface area contributed by atoms with Gasteiger partial charge in [-0.3, -0.25) is 4.79 Å². The molecule has 142 valence electrons. The van der Waals surface area contributed by atoms with E-state index in [9.17, 15) is 17.6 Å². The lowest BCUT2D eigenvalue weighted by molar-refractivity contribution is -0.126. The molecule has 2 N–H and O–H groups in total. The van der Waals surface area contributed by atoms with Gasteiger partial charge in [-0.1, -0.05) is 48.5 Å². The molecule has 0 amide bonds. The lowest BCUT2D eigenvalue weighted by atomic mass is 9.65. The van der Waals surface area contributed by atoms with Crippen molar-refractivity contribution in [1.82, 2.24) is 0 Å². The molecule has 0 aliphatic carbocycles. The molecule has 0 saturated heterocycles. The summed E-state index contributed by atoms with van der Waals surface area (Å²) in [6.07, 6.45) is 0. The van der Waals surface area contributed by atoms with Crippen LogP contribution in [0.4, 0.5) is 4.39 Å². The van der Waals surface area contributed by atoms with Crippen LogP contribution in [-0.4, -0.2) is 37.7 Å². The Kier molecular flexibility index (Phi) is 4.83. The van der Waals surface area contributed by atoms with Crippen molar-refractivity contribution in [2.45, 2.75) is 10.0 Å². The van der Waals surface area contributed by atoms with E-state index in [0.717, 1.165) is 0 Å². The van der Waals surface area contributed by atoms with E-state index < -0.39 is 43.4 Å². The van der Waals surface area contributed by atoms with Gasteiger partial charge in [0.25, 0.3) is 0 Å². The molecule has 1 aliphatic heterocycles. The van der Waals surface area contributed by atoms with Crippen LogP contribution in [0.15, 0.2) is 66.2 Å². The van der Waals surface area contributed by atoms with E-state index in [1.165, 1.54) is 47.8 Å². The Labute approximate surface area is 165 Å². The van der Waals surface area contributed by atoms with Gasteiger partial charge in [-0.15, -0.1) is 0 Å². The number of ketones is 1. The zero-order valence-electron chi connectivity index (χ0n) is 15.6. The summed E-state index contributed by atoms with van der Waals surface area (Å²) >= 11 is 0. The van der Waals surface area contributed by atoms with Gasteiger partial charge in [0.15, 0.2) is 13.3 Å². The molecule has 2 aromatic carbocycles. The number of carbonyl (C=O) groups excluding carboxylic acids is 1. The van der Waals surface area contributed by atoms with Crippen LogP contribution in [0.5, 0.6) is 0 Å². The molecule has 28 heavy (non-hydrogen) atoms. The second kappa shape index (κ2) is 6.74. The molecular weight excluding hydrogens is 382 g/mol. The van der Waals surface area contributed by atoms with Crippen LogP contribution in [0.2, 0.25) is 0 Å². The highest BCUT2D eigenvalue weighted by Gasteiger charge is 2.51. The van der Waals surface area contributed by atoms with Crippen LogP contribution < -0.4 is 5.73 Å². The van der Waals surface area contributed by atoms with Gasteiger partial charge >= 0.3 is 10.1 Å². The number of ether oxygens (including phenoxy) is 1. The molecule has 1 heterocycles. The molecule has 0 radical (unpaired) electrons. The van der Waals surface area contributed by atoms with E-state index in [4.69, 9.17) is 14.7 Å². The number of benzene rings is 2. The van der Waals surface area contributed by atoms with Crippen LogP contribution in [0.3, 0.4) is 0 Å². The second-order valence-corrected chi connectivity index (χ2v) is 9.15. The van der Waals surface area contributed by atoms with Crippen molar-refractivity contribution in [3.63, 3.8) is 0 Å². The number of nitrogens with two attached hydrogens (primary N) is 1. The number of hydrogen-bond donors (Lipinski definition) is 1. The fraction of sp³-hybridized carbons (Fsp3) is 0.118. The van der Waals surface area contributed by atoms with Crippen molar-refractivity contribution in [3.05, 3.63) is 83.2 Å². The summed E-state index contributed by atoms with van der Waals surface area (Å²) in [4.78, 5) is 12.9. The number of hydrogen-bond acceptors (Lipinski definition) is 6. The van der Waals surface area contributed by atoms with E-state index in [0.29, 0.717) is 5.56 Å². The van der Waals surface area contributed by atoms with Crippen molar-refractivity contribution in [2.75, 3.05) is 0 Å². The van der Waals surface area contributed by atoms with Gasteiger partial charge in [0.1, 0.15) is 21.5 Å². The quantitative estimate of drug-likeness (QED) is 0.500. The molecule has 2 aromatic rings. The molecule has 1 aliphatic rings. The molecule has 11 heteroatoms. The minimum absolute atomic E-state index is 0.0683. The molecular formula is C17H17B3FNO5S. The Hall–Kier alpha value is -2.68. The number of halogens is 1. The van der Waals surface area contributed by atoms with Gasteiger partial charge in [-0.2, -0.15) is 8.42 Å². The highest BCUT2D eigenvalue weighted by Crippen LogP contribution is 2.38. The van der Waals surface area contributed by atoms with Crippen molar-refractivity contribution in [1.29, 1.82) is 0 Å². The lowest BCUT2D eigenvalue weighted by Gasteiger charge is -2.26. The van der Waals surface area contributed by atoms with Crippen LogP contribution in [0, 0.1) is 5.82 Å². The van der Waals surface area contributed by atoms with Gasteiger partial charge in [0, 0.05) is 5.56 Å². The van der Waals surface area contributed by atoms with E-state index in [-0.39, 0.29) is 5.56 Å². The average molecular weight is 399 g/mol. The first-order chi connectivity index (χ1) is 13.0. The second-order valence-electron chi connectivity index (χ2n) is 7.05.